The molecule has 2 rings (SSSR count). The first-order chi connectivity index (χ1) is 6.98. The fraction of sp³-hybridized carbons (Fsp3) is 0.100. The van der Waals surface area contributed by atoms with Crippen molar-refractivity contribution in [2.45, 2.75) is 4.90 Å². The minimum absolute atomic E-state index is 0.0222. The van der Waals surface area contributed by atoms with E-state index in [0.717, 1.165) is 4.31 Å². The summed E-state index contributed by atoms with van der Waals surface area (Å²) in [6.45, 7) is 0. The summed E-state index contributed by atoms with van der Waals surface area (Å²) in [4.78, 5) is 11.6. The Balaban J connectivity index is 2.79. The van der Waals surface area contributed by atoms with Crippen LogP contribution in [0.5, 0.6) is 0 Å². The van der Waals surface area contributed by atoms with Gasteiger partial charge >= 0.3 is 0 Å². The number of benzene rings is 1. The van der Waals surface area contributed by atoms with E-state index < -0.39 is 15.9 Å². The Bertz CT molecular complexity index is 596. The number of hydrogen-bond acceptors (Lipinski definition) is 3. The molecule has 1 aromatic rings. The van der Waals surface area contributed by atoms with Crippen LogP contribution in [0.2, 0.25) is 0 Å². The molecular weight excluding hydrogens is 214 g/mol. The summed E-state index contributed by atoms with van der Waals surface area (Å²) < 4.78 is 24.0. The Morgan fingerprint density at radius 2 is 2.07 bits per heavy atom. The zero-order chi connectivity index (χ0) is 11.2. The number of fused-ring (bicyclic) bond motifs is 1. The predicted octanol–water partition coefficient (Wildman–Crippen LogP) is 0.442. The Morgan fingerprint density at radius 3 is 2.67 bits per heavy atom. The first-order valence-electron chi connectivity index (χ1n) is 4.12. The molecule has 0 aliphatic carbocycles. The van der Waals surface area contributed by atoms with Crippen LogP contribution in [-0.2, 0) is 10.0 Å². The molecular formula is C10H7NO3S. The molecule has 0 spiro atoms. The molecule has 0 radical (unpaired) electrons. The summed E-state index contributed by atoms with van der Waals surface area (Å²) in [5.74, 6) is 1.81. The fourth-order valence-electron chi connectivity index (χ4n) is 1.44. The lowest BCUT2D eigenvalue weighted by molar-refractivity contribution is 0.0891. The molecule has 1 aromatic carbocycles. The van der Waals surface area contributed by atoms with E-state index in [1.54, 1.807) is 0 Å². The van der Waals surface area contributed by atoms with Gasteiger partial charge in [-0.05, 0) is 18.2 Å². The highest BCUT2D eigenvalue weighted by Crippen LogP contribution is 2.29. The van der Waals surface area contributed by atoms with E-state index in [4.69, 9.17) is 6.42 Å². The average Bonchev–Trinajstić information content (AvgIpc) is 2.40. The minimum atomic E-state index is -3.64. The molecule has 0 bridgehead atoms. The third-order valence-corrected chi connectivity index (χ3v) is 4.10. The Labute approximate surface area is 87.6 Å². The number of rotatable bonds is 0. The van der Waals surface area contributed by atoms with Gasteiger partial charge in [0.1, 0.15) is 4.90 Å². The van der Waals surface area contributed by atoms with Gasteiger partial charge in [-0.25, -0.2) is 12.7 Å². The van der Waals surface area contributed by atoms with Crippen molar-refractivity contribution in [3.05, 3.63) is 29.3 Å². The van der Waals surface area contributed by atoms with Crippen LogP contribution in [-0.4, -0.2) is 25.7 Å². The molecule has 0 saturated carbocycles. The fourth-order valence-corrected chi connectivity index (χ4v) is 2.71. The SMILES string of the molecule is C#Cc1ccc2c(c1)C(=O)N(C)S2(=O)=O. The molecule has 76 valence electrons. The molecule has 1 aliphatic heterocycles. The molecule has 5 heteroatoms. The Hall–Kier alpha value is -1.80. The second kappa shape index (κ2) is 2.84. The van der Waals surface area contributed by atoms with Gasteiger partial charge in [0.05, 0.1) is 5.56 Å². The molecule has 15 heavy (non-hydrogen) atoms. The summed E-state index contributed by atoms with van der Waals surface area (Å²) in [7, 11) is -2.41. The monoisotopic (exact) mass is 221 g/mol. The number of nitrogens with zero attached hydrogens (tertiary/aromatic N) is 1. The average molecular weight is 221 g/mol. The topological polar surface area (TPSA) is 54.5 Å². The molecule has 0 aromatic heterocycles. The van der Waals surface area contributed by atoms with Gasteiger partial charge in [-0.2, -0.15) is 0 Å². The molecule has 0 fully saturated rings. The zero-order valence-electron chi connectivity index (χ0n) is 7.89. The van der Waals surface area contributed by atoms with Crippen LogP contribution in [0.4, 0.5) is 0 Å². The standard InChI is InChI=1S/C10H7NO3S/c1-3-7-4-5-9-8(6-7)10(12)11(2)15(9,13)14/h1,4-6H,2H3. The van der Waals surface area contributed by atoms with Crippen LogP contribution >= 0.6 is 0 Å². The van der Waals surface area contributed by atoms with Gasteiger partial charge < -0.3 is 0 Å². The van der Waals surface area contributed by atoms with Crippen LogP contribution in [0.25, 0.3) is 0 Å². The molecule has 0 saturated heterocycles. The molecule has 1 aliphatic rings. The number of carbonyl (C=O) groups excluding carboxylic acids is 1. The first kappa shape index (κ1) is 9.74. The van der Waals surface area contributed by atoms with Gasteiger partial charge in [-0.1, -0.05) is 5.92 Å². The molecule has 0 atom stereocenters. The quantitative estimate of drug-likeness (QED) is 0.597. The highest BCUT2D eigenvalue weighted by molar-refractivity contribution is 7.90. The largest absolute Gasteiger partial charge is 0.268 e. The highest BCUT2D eigenvalue weighted by Gasteiger charge is 2.38. The van der Waals surface area contributed by atoms with Crippen molar-refractivity contribution in [2.75, 3.05) is 7.05 Å². The number of hydrogen-bond donors (Lipinski definition) is 0. The van der Waals surface area contributed by atoms with E-state index in [0.29, 0.717) is 5.56 Å². The van der Waals surface area contributed by atoms with Gasteiger partial charge in [-0.3, -0.25) is 4.79 Å². The van der Waals surface area contributed by atoms with Crippen molar-refractivity contribution < 1.29 is 13.2 Å². The van der Waals surface area contributed by atoms with Crippen LogP contribution < -0.4 is 0 Å². The predicted molar refractivity (Wildman–Crippen MR) is 53.7 cm³/mol. The maximum Gasteiger partial charge on any atom is 0.268 e. The van der Waals surface area contributed by atoms with Gasteiger partial charge in [0.2, 0.25) is 0 Å². The van der Waals surface area contributed by atoms with E-state index in [2.05, 4.69) is 5.92 Å². The molecule has 0 unspecified atom stereocenters. The van der Waals surface area contributed by atoms with E-state index >= 15 is 0 Å². The Kier molecular flexibility index (Phi) is 1.85. The van der Waals surface area contributed by atoms with Crippen molar-refractivity contribution in [1.82, 2.24) is 4.31 Å². The number of terminal acetylenes is 1. The maximum atomic E-state index is 11.6. The smallest absolute Gasteiger partial charge is 0.268 e. The van der Waals surface area contributed by atoms with E-state index in [9.17, 15) is 13.2 Å². The normalized spacial score (nSPS) is 17.3. The van der Waals surface area contributed by atoms with Crippen LogP contribution in [0, 0.1) is 12.3 Å². The second-order valence-corrected chi connectivity index (χ2v) is 5.07. The van der Waals surface area contributed by atoms with Crippen LogP contribution in [0.1, 0.15) is 15.9 Å². The summed E-state index contributed by atoms with van der Waals surface area (Å²) in [5, 5.41) is 0. The Morgan fingerprint density at radius 1 is 1.40 bits per heavy atom. The first-order valence-corrected chi connectivity index (χ1v) is 5.56. The summed E-state index contributed by atoms with van der Waals surface area (Å²) >= 11 is 0. The van der Waals surface area contributed by atoms with E-state index in [1.807, 2.05) is 0 Å². The summed E-state index contributed by atoms with van der Waals surface area (Å²) in [6, 6.07) is 4.28. The van der Waals surface area contributed by atoms with Gasteiger partial charge in [0.25, 0.3) is 15.9 Å². The summed E-state index contributed by atoms with van der Waals surface area (Å²) in [6.07, 6.45) is 5.17. The van der Waals surface area contributed by atoms with Crippen molar-refractivity contribution >= 4 is 15.9 Å². The molecule has 4 nitrogen and oxygen atoms in total. The van der Waals surface area contributed by atoms with E-state index in [-0.39, 0.29) is 10.5 Å². The van der Waals surface area contributed by atoms with Crippen molar-refractivity contribution in [3.63, 3.8) is 0 Å². The second-order valence-electron chi connectivity index (χ2n) is 3.13. The molecule has 1 heterocycles. The number of sulfonamides is 1. The van der Waals surface area contributed by atoms with Crippen LogP contribution in [0.15, 0.2) is 23.1 Å². The third-order valence-electron chi connectivity index (χ3n) is 2.30. The highest BCUT2D eigenvalue weighted by atomic mass is 32.2. The lowest BCUT2D eigenvalue weighted by Gasteiger charge is -2.05. The zero-order valence-corrected chi connectivity index (χ0v) is 8.71. The third kappa shape index (κ3) is 1.15. The van der Waals surface area contributed by atoms with Gasteiger partial charge in [0, 0.05) is 12.6 Å². The maximum absolute atomic E-state index is 11.6. The number of amides is 1. The van der Waals surface area contributed by atoms with Gasteiger partial charge in [0.15, 0.2) is 0 Å². The van der Waals surface area contributed by atoms with Crippen molar-refractivity contribution in [2.24, 2.45) is 0 Å². The van der Waals surface area contributed by atoms with Crippen molar-refractivity contribution in [3.8, 4) is 12.3 Å². The lowest BCUT2D eigenvalue weighted by Crippen LogP contribution is -2.24. The number of carbonyl (C=O) groups is 1. The van der Waals surface area contributed by atoms with Crippen LogP contribution in [0.3, 0.4) is 0 Å². The summed E-state index contributed by atoms with van der Waals surface area (Å²) in [5.41, 5.74) is 0.639. The lowest BCUT2D eigenvalue weighted by atomic mass is 10.1. The molecule has 0 N–H and O–H groups in total. The van der Waals surface area contributed by atoms with E-state index in [1.165, 1.54) is 25.2 Å². The minimum Gasteiger partial charge on any atom is -0.268 e. The molecule has 1 amide bonds. The van der Waals surface area contributed by atoms with Crippen molar-refractivity contribution in [1.29, 1.82) is 0 Å². The van der Waals surface area contributed by atoms with Gasteiger partial charge in [-0.15, -0.1) is 6.42 Å².